The monoisotopic (exact) mass is 833 g/mol. The smallest absolute Gasteiger partial charge is 0.245 e. The van der Waals surface area contributed by atoms with E-state index in [9.17, 15) is 53.0 Å². The summed E-state index contributed by atoms with van der Waals surface area (Å²) in [7, 11) is -5.71. The summed E-state index contributed by atoms with van der Waals surface area (Å²) in [4.78, 5) is 123. The van der Waals surface area contributed by atoms with Crippen molar-refractivity contribution >= 4 is 49.2 Å². The van der Waals surface area contributed by atoms with Crippen molar-refractivity contribution in [3.05, 3.63) is 54.1 Å². The molecule has 21 nitrogen and oxygen atoms in total. The van der Waals surface area contributed by atoms with Crippen molar-refractivity contribution in [1.82, 2.24) is 41.5 Å². The minimum Gasteiger partial charge on any atom is -0.790 e. The normalized spacial score (nSPS) is 17.2. The van der Waals surface area contributed by atoms with E-state index in [1.807, 2.05) is 44.2 Å². The second-order valence-corrected chi connectivity index (χ2v) is 15.5. The molecule has 1 aromatic carbocycles. The van der Waals surface area contributed by atoms with Crippen LogP contribution in [0.5, 0.6) is 0 Å². The number of phosphoric ester groups is 1. The number of primary amides is 1. The Balaban J connectivity index is 1.77. The first-order chi connectivity index (χ1) is 27.3. The van der Waals surface area contributed by atoms with E-state index in [-0.39, 0.29) is 31.1 Å². The lowest BCUT2D eigenvalue weighted by molar-refractivity contribution is -0.344. The Hall–Kier alpha value is -5.21. The van der Waals surface area contributed by atoms with Crippen LogP contribution in [0.4, 0.5) is 0 Å². The third-order valence-electron chi connectivity index (χ3n) is 9.24. The molecule has 2 heterocycles. The number of likely N-dealkylation sites (tertiary alicyclic amines) is 1. The molecule has 0 bridgehead atoms. The maximum absolute atomic E-state index is 13.9. The van der Waals surface area contributed by atoms with E-state index in [1.165, 1.54) is 24.3 Å². The molecule has 1 fully saturated rings. The van der Waals surface area contributed by atoms with Crippen LogP contribution >= 0.6 is 7.82 Å². The number of amides is 7. The van der Waals surface area contributed by atoms with Gasteiger partial charge in [0, 0.05) is 31.3 Å². The lowest BCUT2D eigenvalue weighted by atomic mass is 10.0. The molecule has 7 amide bonds. The van der Waals surface area contributed by atoms with Crippen molar-refractivity contribution in [3.63, 3.8) is 0 Å². The number of aliphatic hydroxyl groups excluding tert-OH is 1. The molecule has 0 radical (unpaired) electrons. The number of hydrogen-bond acceptors (Lipinski definition) is 13. The number of aromatic nitrogens is 2. The topological polar surface area (TPSA) is 330 Å². The number of nitrogens with zero attached hydrogens (tertiary/aromatic N) is 2. The van der Waals surface area contributed by atoms with Crippen LogP contribution in [0.15, 0.2) is 42.9 Å². The van der Waals surface area contributed by atoms with Gasteiger partial charge >= 0.3 is 0 Å². The van der Waals surface area contributed by atoms with Gasteiger partial charge in [-0.1, -0.05) is 44.2 Å². The van der Waals surface area contributed by atoms with Crippen LogP contribution < -0.4 is 42.1 Å². The third kappa shape index (κ3) is 14.9. The number of aromatic amines is 1. The van der Waals surface area contributed by atoms with Crippen LogP contribution in [0, 0.1) is 5.92 Å². The predicted octanol–water partition coefficient (Wildman–Crippen LogP) is -3.22. The maximum Gasteiger partial charge on any atom is 0.245 e. The van der Waals surface area contributed by atoms with E-state index < -0.39 is 92.2 Å². The number of carbonyl (C=O) groups is 7. The van der Waals surface area contributed by atoms with Gasteiger partial charge in [-0.25, -0.2) is 4.98 Å². The number of benzene rings is 1. The first-order valence-electron chi connectivity index (χ1n) is 18.7. The minimum absolute atomic E-state index is 0.120. The van der Waals surface area contributed by atoms with Crippen LogP contribution in [0.2, 0.25) is 0 Å². The van der Waals surface area contributed by atoms with Gasteiger partial charge in [-0.2, -0.15) is 0 Å². The second kappa shape index (κ2) is 22.1. The number of phosphoric acid groups is 1. The Labute approximate surface area is 335 Å². The zero-order valence-corrected chi connectivity index (χ0v) is 33.6. The summed E-state index contributed by atoms with van der Waals surface area (Å²) >= 11 is 0. The van der Waals surface area contributed by atoms with Crippen molar-refractivity contribution in [2.75, 3.05) is 13.2 Å². The number of aryl methyl sites for hydroxylation is 1. The van der Waals surface area contributed by atoms with Crippen molar-refractivity contribution in [3.8, 4) is 0 Å². The van der Waals surface area contributed by atoms with Gasteiger partial charge in [-0.15, -0.1) is 0 Å². The molecule has 1 aliphatic rings. The van der Waals surface area contributed by atoms with Gasteiger partial charge in [0.25, 0.3) is 0 Å². The highest BCUT2D eigenvalue weighted by atomic mass is 31.2. The molecule has 0 aliphatic carbocycles. The molecule has 1 aliphatic heterocycles. The number of hydrogen-bond donors (Lipinski definition) is 8. The summed E-state index contributed by atoms with van der Waals surface area (Å²) in [6.45, 7) is 5.10. The van der Waals surface area contributed by atoms with Gasteiger partial charge in [-0.3, -0.25) is 33.6 Å². The Morgan fingerprint density at radius 2 is 1.57 bits per heavy atom. The summed E-state index contributed by atoms with van der Waals surface area (Å²) < 4.78 is 15.7. The number of carbonyl (C=O) groups excluding carboxylic acids is 7. The number of aliphatic hydroxyl groups is 1. The Bertz CT molecular complexity index is 1780. The first kappa shape index (κ1) is 47.2. The van der Waals surface area contributed by atoms with E-state index in [0.29, 0.717) is 31.5 Å². The minimum atomic E-state index is -5.71. The molecular weight excluding hydrogens is 781 g/mol. The summed E-state index contributed by atoms with van der Waals surface area (Å²) in [6.07, 6.45) is 2.46. The fraction of sp³-hybridized carbons (Fsp3) is 0.556. The fourth-order valence-electron chi connectivity index (χ4n) is 6.20. The van der Waals surface area contributed by atoms with Crippen molar-refractivity contribution in [2.45, 2.75) is 109 Å². The summed E-state index contributed by atoms with van der Waals surface area (Å²) in [5.41, 5.74) is 6.52. The second-order valence-electron chi connectivity index (χ2n) is 14.4. The van der Waals surface area contributed by atoms with Crippen molar-refractivity contribution in [1.29, 1.82) is 0 Å². The number of imidazole rings is 1. The van der Waals surface area contributed by atoms with Crippen LogP contribution in [0.1, 0.15) is 64.6 Å². The number of rotatable bonds is 22. The molecule has 2 aromatic rings. The van der Waals surface area contributed by atoms with E-state index in [2.05, 4.69) is 41.1 Å². The molecule has 58 heavy (non-hydrogen) atoms. The molecule has 0 unspecified atom stereocenters. The van der Waals surface area contributed by atoms with Gasteiger partial charge in [0.2, 0.25) is 41.4 Å². The van der Waals surface area contributed by atoms with Crippen molar-refractivity contribution < 1.29 is 57.5 Å². The van der Waals surface area contributed by atoms with Gasteiger partial charge < -0.3 is 66.2 Å². The molecule has 0 spiro atoms. The quantitative estimate of drug-likeness (QED) is 0.0542. The standard InChI is InChI=1S/C36H54N9O12P/c1-20(2)15-25(42-35(52)28-11-8-14-45(28)29(47)13-12-23-9-6-5-7-10-23)32(49)41-26(16-24-17-38-19-39-24)33(50)43-27(18-46)34(51)44-30(22(4)57-58(54,55)56)36(53)40-21(3)31(37)48/h5-7,9-10,17,19-22,25-28,30,46H,8,11-16,18H2,1-4H3,(H2,37,48)(H,38,39)(H,40,53)(H,41,49)(H,42,52)(H,43,50)(H,44,51)(H2,54,55,56)/p-2/t21-,22+,25-,26-,27-,28-,30-/m0/s1. The van der Waals surface area contributed by atoms with Crippen LogP contribution in [0.3, 0.4) is 0 Å². The van der Waals surface area contributed by atoms with E-state index in [0.717, 1.165) is 12.5 Å². The summed E-state index contributed by atoms with van der Waals surface area (Å²) in [6, 6.07) is 0.936. The average Bonchev–Trinajstić information content (AvgIpc) is 3.87. The Morgan fingerprint density at radius 3 is 2.16 bits per heavy atom. The predicted molar refractivity (Wildman–Crippen MR) is 201 cm³/mol. The maximum atomic E-state index is 13.9. The van der Waals surface area contributed by atoms with Crippen LogP contribution in [-0.4, -0.2) is 117 Å². The number of nitrogens with one attached hydrogen (secondary N) is 6. The van der Waals surface area contributed by atoms with Crippen LogP contribution in [0.25, 0.3) is 0 Å². The zero-order chi connectivity index (χ0) is 43.2. The lowest BCUT2D eigenvalue weighted by Crippen LogP contribution is -2.62. The summed E-state index contributed by atoms with van der Waals surface area (Å²) in [5, 5.41) is 22.0. The van der Waals surface area contributed by atoms with E-state index >= 15 is 0 Å². The lowest BCUT2D eigenvalue weighted by Gasteiger charge is -2.35. The van der Waals surface area contributed by atoms with Gasteiger partial charge in [0.15, 0.2) is 0 Å². The Kier molecular flexibility index (Phi) is 18.0. The van der Waals surface area contributed by atoms with E-state index in [1.54, 1.807) is 0 Å². The number of nitrogens with two attached hydrogens (primary N) is 1. The van der Waals surface area contributed by atoms with Crippen molar-refractivity contribution in [2.24, 2.45) is 11.7 Å². The molecule has 0 saturated carbocycles. The molecule has 1 saturated heterocycles. The molecule has 320 valence electrons. The SMILES string of the molecule is CC(C)C[C@H](NC(=O)[C@@H]1CCCN1C(=O)CCc1ccccc1)C(=O)N[C@@H](Cc1cnc[nH]1)C(=O)N[C@@H](CO)C(=O)N[C@H](C(=O)N[C@@H](C)C(N)=O)[C@@H](C)OP(=O)([O-])[O-]. The molecule has 22 heteroatoms. The van der Waals surface area contributed by atoms with Gasteiger partial charge in [0.1, 0.15) is 36.3 Å². The number of H-pyrrole nitrogens is 1. The van der Waals surface area contributed by atoms with Crippen LogP contribution in [-0.2, 0) is 55.5 Å². The van der Waals surface area contributed by atoms with E-state index in [4.69, 9.17) is 5.73 Å². The largest absolute Gasteiger partial charge is 0.790 e. The third-order valence-corrected chi connectivity index (χ3v) is 9.83. The molecule has 9 N–H and O–H groups in total. The molecular formula is C36H52N9O12P-2. The highest BCUT2D eigenvalue weighted by Gasteiger charge is 2.38. The summed E-state index contributed by atoms with van der Waals surface area (Å²) in [5.74, 6) is -6.06. The van der Waals surface area contributed by atoms with Gasteiger partial charge in [0.05, 0.1) is 26.9 Å². The fourth-order valence-corrected chi connectivity index (χ4v) is 6.73. The Morgan fingerprint density at radius 1 is 0.931 bits per heavy atom. The average molecular weight is 834 g/mol. The highest BCUT2D eigenvalue weighted by Crippen LogP contribution is 2.28. The highest BCUT2D eigenvalue weighted by molar-refractivity contribution is 7.43. The molecule has 3 rings (SSSR count). The van der Waals surface area contributed by atoms with Gasteiger partial charge in [-0.05, 0) is 51.0 Å². The molecule has 1 aromatic heterocycles. The first-order valence-corrected chi connectivity index (χ1v) is 20.2. The molecule has 7 atom stereocenters. The zero-order valence-electron chi connectivity index (χ0n) is 32.7.